The summed E-state index contributed by atoms with van der Waals surface area (Å²) in [5.41, 5.74) is 7.07. The number of carbonyl (C=O) groups excluding carboxylic acids is 1. The van der Waals surface area contributed by atoms with Gasteiger partial charge in [-0.3, -0.25) is 9.69 Å². The van der Waals surface area contributed by atoms with E-state index in [4.69, 9.17) is 5.73 Å². The second-order valence-corrected chi connectivity index (χ2v) is 6.57. The van der Waals surface area contributed by atoms with Crippen LogP contribution in [-0.4, -0.2) is 38.2 Å². The summed E-state index contributed by atoms with van der Waals surface area (Å²) in [4.78, 5) is 18.1. The fourth-order valence-electron chi connectivity index (χ4n) is 3.42. The Balaban J connectivity index is 1.70. The number of rotatable bonds is 5. The number of hydrogen-bond donors (Lipinski definition) is 1. The normalized spacial score (nSPS) is 18.7. The molecule has 1 aromatic carbocycles. The minimum absolute atomic E-state index is 0.380. The molecule has 0 spiro atoms. The molecule has 1 fully saturated rings. The van der Waals surface area contributed by atoms with Crippen LogP contribution in [0, 0.1) is 13.8 Å². The van der Waals surface area contributed by atoms with Crippen LogP contribution in [0.15, 0.2) is 24.3 Å². The number of hydrogen-bond acceptors (Lipinski definition) is 4. The Labute approximate surface area is 142 Å². The number of likely N-dealkylation sites (tertiary alicyclic amines) is 1. The molecule has 1 aliphatic rings. The molecule has 3 rings (SSSR count). The number of aryl methyl sites for hydroxylation is 2. The van der Waals surface area contributed by atoms with Gasteiger partial charge < -0.3 is 5.73 Å². The van der Waals surface area contributed by atoms with Crippen molar-refractivity contribution in [3.8, 4) is 0 Å². The third-order valence-corrected chi connectivity index (χ3v) is 4.72. The van der Waals surface area contributed by atoms with E-state index in [0.29, 0.717) is 11.6 Å². The van der Waals surface area contributed by atoms with Gasteiger partial charge in [-0.2, -0.15) is 5.10 Å². The molecule has 0 unspecified atom stereocenters. The zero-order valence-electron chi connectivity index (χ0n) is 14.4. The van der Waals surface area contributed by atoms with E-state index in [0.717, 1.165) is 31.3 Å². The Bertz CT molecular complexity index is 707. The van der Waals surface area contributed by atoms with E-state index in [2.05, 4.69) is 15.0 Å². The summed E-state index contributed by atoms with van der Waals surface area (Å²) in [5, 5.41) is 4.50. The Morgan fingerprint density at radius 3 is 2.62 bits per heavy atom. The minimum Gasteiger partial charge on any atom is -0.366 e. The lowest BCUT2D eigenvalue weighted by atomic mass is 10.0. The average molecular weight is 327 g/mol. The van der Waals surface area contributed by atoms with Crippen molar-refractivity contribution in [3.63, 3.8) is 0 Å². The fraction of sp³-hybridized carbons (Fsp3) is 0.500. The Morgan fingerprint density at radius 2 is 2.00 bits per heavy atom. The van der Waals surface area contributed by atoms with Crippen LogP contribution < -0.4 is 5.73 Å². The number of carbonyl (C=O) groups is 1. The highest BCUT2D eigenvalue weighted by Gasteiger charge is 2.24. The minimum atomic E-state index is -0.380. The van der Waals surface area contributed by atoms with Gasteiger partial charge >= 0.3 is 0 Å². The molecule has 6 nitrogen and oxygen atoms in total. The van der Waals surface area contributed by atoms with Crippen LogP contribution in [0.4, 0.5) is 0 Å². The maximum Gasteiger partial charge on any atom is 0.248 e. The zero-order chi connectivity index (χ0) is 17.1. The van der Waals surface area contributed by atoms with E-state index >= 15 is 0 Å². The molecule has 1 aromatic heterocycles. The van der Waals surface area contributed by atoms with Gasteiger partial charge in [-0.1, -0.05) is 18.6 Å². The van der Waals surface area contributed by atoms with E-state index in [-0.39, 0.29) is 5.91 Å². The first kappa shape index (κ1) is 16.6. The van der Waals surface area contributed by atoms with Crippen LogP contribution >= 0.6 is 0 Å². The highest BCUT2D eigenvalue weighted by Crippen LogP contribution is 2.21. The number of nitrogens with two attached hydrogens (primary N) is 1. The lowest BCUT2D eigenvalue weighted by molar-refractivity contribution is 0.1000. The molecule has 1 atom stereocenters. The summed E-state index contributed by atoms with van der Waals surface area (Å²) in [5.74, 6) is 1.43. The van der Waals surface area contributed by atoms with Gasteiger partial charge in [0.1, 0.15) is 11.6 Å². The van der Waals surface area contributed by atoms with E-state index in [1.54, 1.807) is 0 Å². The van der Waals surface area contributed by atoms with Gasteiger partial charge in [-0.15, -0.1) is 0 Å². The Kier molecular flexibility index (Phi) is 4.94. The highest BCUT2D eigenvalue weighted by molar-refractivity contribution is 5.92. The van der Waals surface area contributed by atoms with Gasteiger partial charge in [0.25, 0.3) is 0 Å². The van der Waals surface area contributed by atoms with Gasteiger partial charge in [-0.05, 0) is 50.9 Å². The standard InChI is InChI=1S/C18H25N5O/c1-13-20-14(2)23(21-13)12-17-5-3-4-10-22(17)11-15-6-8-16(9-7-15)18(19)24/h6-9,17H,3-5,10-12H2,1-2H3,(H2,19,24)/t17-/m0/s1. The van der Waals surface area contributed by atoms with Gasteiger partial charge in [0.05, 0.1) is 6.54 Å². The van der Waals surface area contributed by atoms with Crippen molar-refractivity contribution in [2.75, 3.05) is 6.54 Å². The third-order valence-electron chi connectivity index (χ3n) is 4.72. The fourth-order valence-corrected chi connectivity index (χ4v) is 3.42. The summed E-state index contributed by atoms with van der Waals surface area (Å²) in [6, 6.07) is 8.07. The first-order valence-corrected chi connectivity index (χ1v) is 8.54. The second kappa shape index (κ2) is 7.13. The van der Waals surface area contributed by atoms with Crippen molar-refractivity contribution in [1.29, 1.82) is 0 Å². The third kappa shape index (κ3) is 3.82. The maximum atomic E-state index is 11.2. The SMILES string of the molecule is Cc1nc(C)n(C[C@@H]2CCCCN2Cc2ccc(C(N)=O)cc2)n1. The summed E-state index contributed by atoms with van der Waals surface area (Å²) in [6.45, 7) is 6.80. The lowest BCUT2D eigenvalue weighted by Gasteiger charge is -2.35. The summed E-state index contributed by atoms with van der Waals surface area (Å²) in [7, 11) is 0. The van der Waals surface area contributed by atoms with E-state index in [1.165, 1.54) is 24.8 Å². The van der Waals surface area contributed by atoms with Crippen LogP contribution in [0.1, 0.15) is 46.8 Å². The van der Waals surface area contributed by atoms with Gasteiger partial charge in [0.15, 0.2) is 0 Å². The van der Waals surface area contributed by atoms with Crippen LogP contribution in [-0.2, 0) is 13.1 Å². The second-order valence-electron chi connectivity index (χ2n) is 6.57. The monoisotopic (exact) mass is 327 g/mol. The molecular formula is C18H25N5O. The molecule has 0 saturated carbocycles. The molecule has 24 heavy (non-hydrogen) atoms. The smallest absolute Gasteiger partial charge is 0.248 e. The maximum absolute atomic E-state index is 11.2. The van der Waals surface area contributed by atoms with E-state index < -0.39 is 0 Å². The Hall–Kier alpha value is -2.21. The van der Waals surface area contributed by atoms with Gasteiger partial charge in [0.2, 0.25) is 5.91 Å². The van der Waals surface area contributed by atoms with Crippen LogP contribution in [0.5, 0.6) is 0 Å². The van der Waals surface area contributed by atoms with E-state index in [1.807, 2.05) is 42.8 Å². The van der Waals surface area contributed by atoms with Crippen molar-refractivity contribution in [2.24, 2.45) is 5.73 Å². The first-order valence-electron chi connectivity index (χ1n) is 8.54. The quantitative estimate of drug-likeness (QED) is 0.912. The Morgan fingerprint density at radius 1 is 1.25 bits per heavy atom. The van der Waals surface area contributed by atoms with Crippen molar-refractivity contribution >= 4 is 5.91 Å². The predicted molar refractivity (Wildman–Crippen MR) is 92.5 cm³/mol. The number of primary amides is 1. The summed E-state index contributed by atoms with van der Waals surface area (Å²) < 4.78 is 2.02. The number of aromatic nitrogens is 3. The van der Waals surface area contributed by atoms with E-state index in [9.17, 15) is 4.79 Å². The zero-order valence-corrected chi connectivity index (χ0v) is 14.4. The molecule has 0 aliphatic carbocycles. The number of amides is 1. The molecule has 2 aromatic rings. The molecule has 128 valence electrons. The summed E-state index contributed by atoms with van der Waals surface area (Å²) in [6.07, 6.45) is 3.66. The molecule has 1 saturated heterocycles. The first-order chi connectivity index (χ1) is 11.5. The highest BCUT2D eigenvalue weighted by atomic mass is 16.1. The van der Waals surface area contributed by atoms with Gasteiger partial charge in [0, 0.05) is 18.2 Å². The van der Waals surface area contributed by atoms with Crippen LogP contribution in [0.3, 0.4) is 0 Å². The molecule has 2 heterocycles. The van der Waals surface area contributed by atoms with Crippen molar-refractivity contribution in [1.82, 2.24) is 19.7 Å². The number of nitrogens with zero attached hydrogens (tertiary/aromatic N) is 4. The number of benzene rings is 1. The molecule has 1 amide bonds. The van der Waals surface area contributed by atoms with Gasteiger partial charge in [-0.25, -0.2) is 9.67 Å². The molecule has 6 heteroatoms. The van der Waals surface area contributed by atoms with Crippen LogP contribution in [0.25, 0.3) is 0 Å². The largest absolute Gasteiger partial charge is 0.366 e. The molecular weight excluding hydrogens is 302 g/mol. The molecule has 2 N–H and O–H groups in total. The molecule has 1 aliphatic heterocycles. The van der Waals surface area contributed by atoms with Crippen LogP contribution in [0.2, 0.25) is 0 Å². The van der Waals surface area contributed by atoms with Crippen molar-refractivity contribution < 1.29 is 4.79 Å². The van der Waals surface area contributed by atoms with Crippen molar-refractivity contribution in [3.05, 3.63) is 47.0 Å². The predicted octanol–water partition coefficient (Wildman–Crippen LogP) is 2.05. The number of piperidine rings is 1. The van der Waals surface area contributed by atoms with Crippen molar-refractivity contribution in [2.45, 2.75) is 52.2 Å². The lowest BCUT2D eigenvalue weighted by Crippen LogP contribution is -2.41. The molecule has 0 bridgehead atoms. The summed E-state index contributed by atoms with van der Waals surface area (Å²) >= 11 is 0. The topological polar surface area (TPSA) is 77.0 Å². The average Bonchev–Trinajstić information content (AvgIpc) is 2.87. The molecule has 0 radical (unpaired) electrons.